The van der Waals surface area contributed by atoms with Gasteiger partial charge < -0.3 is 5.11 Å². The average Bonchev–Trinajstić information content (AvgIpc) is 1.88. The first-order chi connectivity index (χ1) is 4.70. The Morgan fingerprint density at radius 3 is 2.20 bits per heavy atom. The molecule has 52 valence electrons. The van der Waals surface area contributed by atoms with E-state index in [0.717, 1.165) is 0 Å². The van der Waals surface area contributed by atoms with Crippen LogP contribution in [0.2, 0.25) is 0 Å². The van der Waals surface area contributed by atoms with Crippen molar-refractivity contribution in [3.8, 4) is 5.75 Å². The molecule has 0 heterocycles. The molecule has 0 unspecified atom stereocenters. The van der Waals surface area contributed by atoms with Crippen molar-refractivity contribution in [3.63, 3.8) is 0 Å². The van der Waals surface area contributed by atoms with Crippen LogP contribution in [0.25, 0.3) is 0 Å². The average molecular weight is 141 g/mol. The summed E-state index contributed by atoms with van der Waals surface area (Å²) in [6.45, 7) is 0. The van der Waals surface area contributed by atoms with Crippen LogP contribution in [0.5, 0.6) is 5.75 Å². The second kappa shape index (κ2) is 2.34. The molecule has 0 spiro atoms. The quantitative estimate of drug-likeness (QED) is 0.473. The third kappa shape index (κ3) is 1.22. The molecule has 0 saturated heterocycles. The molecule has 0 aromatic heterocycles. The van der Waals surface area contributed by atoms with E-state index in [2.05, 4.69) is 0 Å². The highest BCUT2D eigenvalue weighted by molar-refractivity contribution is 5.34. The number of nitrogens with zero attached hydrogens (tertiary/aromatic N) is 1. The number of nitro groups is 1. The Morgan fingerprint density at radius 2 is 1.80 bits per heavy atom. The van der Waals surface area contributed by atoms with Gasteiger partial charge in [-0.25, -0.2) is 0 Å². The molecule has 10 heavy (non-hydrogen) atoms. The summed E-state index contributed by atoms with van der Waals surface area (Å²) in [7, 11) is 0. The van der Waals surface area contributed by atoms with Crippen molar-refractivity contribution >= 4 is 5.69 Å². The molecule has 1 aromatic rings. The number of benzene rings is 1. The minimum atomic E-state index is -0.514. The van der Waals surface area contributed by atoms with Crippen LogP contribution in [0, 0.1) is 10.1 Å². The monoisotopic (exact) mass is 141 g/mol. The number of non-ortho nitro benzene ring substituents is 1. The highest BCUT2D eigenvalue weighted by Crippen LogP contribution is 2.14. The van der Waals surface area contributed by atoms with Gasteiger partial charge in [0.1, 0.15) is 5.75 Å². The zero-order valence-corrected chi connectivity index (χ0v) is 5.02. The van der Waals surface area contributed by atoms with Gasteiger partial charge in [-0.1, -0.05) is 0 Å². The van der Waals surface area contributed by atoms with Gasteiger partial charge in [-0.15, -0.1) is 0 Å². The van der Waals surface area contributed by atoms with E-state index in [4.69, 9.17) is 5.11 Å². The Balaban J connectivity index is 3.00. The molecule has 0 bridgehead atoms. The normalized spacial score (nSPS) is 9.20. The zero-order chi connectivity index (χ0) is 7.56. The van der Waals surface area contributed by atoms with Gasteiger partial charge in [0, 0.05) is 12.1 Å². The van der Waals surface area contributed by atoms with Crippen molar-refractivity contribution < 1.29 is 10.0 Å². The lowest BCUT2D eigenvalue weighted by atomic mass is 10.5. The minimum Gasteiger partial charge on any atom is -0.508 e. The van der Waals surface area contributed by atoms with E-state index in [0.29, 0.717) is 0 Å². The Bertz CT molecular complexity index is 242. The Labute approximate surface area is 56.9 Å². The van der Waals surface area contributed by atoms with E-state index in [1.807, 2.05) is 0 Å². The number of hydrogen-bond donors (Lipinski definition) is 1. The predicted molar refractivity (Wildman–Crippen MR) is 34.8 cm³/mol. The maximum absolute atomic E-state index is 10.0. The van der Waals surface area contributed by atoms with Gasteiger partial charge in [-0.2, -0.15) is 0 Å². The highest BCUT2D eigenvalue weighted by atomic mass is 16.6. The van der Waals surface area contributed by atoms with Gasteiger partial charge >= 0.3 is 0 Å². The lowest BCUT2D eigenvalue weighted by Gasteiger charge is -1.89. The Morgan fingerprint density at radius 1 is 1.30 bits per heavy atom. The summed E-state index contributed by atoms with van der Waals surface area (Å²) in [5.74, 6) is 0.0330. The molecule has 4 heteroatoms. The summed E-state index contributed by atoms with van der Waals surface area (Å²) in [5, 5.41) is 18.8. The van der Waals surface area contributed by atoms with E-state index in [1.54, 1.807) is 0 Å². The van der Waals surface area contributed by atoms with Crippen molar-refractivity contribution in [2.75, 3.05) is 0 Å². The molecular weight excluding hydrogens is 136 g/mol. The second-order valence-corrected chi connectivity index (χ2v) is 1.77. The third-order valence-corrected chi connectivity index (χ3v) is 1.06. The fourth-order valence-electron chi connectivity index (χ4n) is 0.574. The zero-order valence-electron chi connectivity index (χ0n) is 5.02. The lowest BCUT2D eigenvalue weighted by molar-refractivity contribution is -0.384. The molecule has 0 fully saturated rings. The maximum Gasteiger partial charge on any atom is 0.269 e. The maximum atomic E-state index is 10.0. The summed E-state index contributed by atoms with van der Waals surface area (Å²) in [4.78, 5) is 9.52. The Kier molecular flexibility index (Phi) is 1.53. The summed E-state index contributed by atoms with van der Waals surface area (Å²) < 4.78 is 0. The summed E-state index contributed by atoms with van der Waals surface area (Å²) >= 11 is 0. The van der Waals surface area contributed by atoms with Crippen molar-refractivity contribution in [3.05, 3.63) is 34.4 Å². The summed E-state index contributed by atoms with van der Waals surface area (Å²) in [5.41, 5.74) is -0.0159. The van der Waals surface area contributed by atoms with E-state index in [-0.39, 0.29) is 11.4 Å². The van der Waals surface area contributed by atoms with Crippen LogP contribution < -0.4 is 0 Å². The lowest BCUT2D eigenvalue weighted by Crippen LogP contribution is -1.85. The van der Waals surface area contributed by atoms with E-state index < -0.39 is 4.92 Å². The molecule has 1 N–H and O–H groups in total. The molecule has 0 atom stereocenters. The molecule has 0 saturated carbocycles. The molecule has 1 aromatic carbocycles. The number of nitro benzene ring substituents is 1. The Hall–Kier alpha value is -1.58. The smallest absolute Gasteiger partial charge is 0.269 e. The van der Waals surface area contributed by atoms with Crippen LogP contribution in [0.15, 0.2) is 24.3 Å². The van der Waals surface area contributed by atoms with Crippen LogP contribution in [-0.2, 0) is 0 Å². The van der Waals surface area contributed by atoms with Crippen molar-refractivity contribution in [2.24, 2.45) is 0 Å². The first kappa shape index (κ1) is 6.54. The van der Waals surface area contributed by atoms with Crippen LogP contribution in [0.4, 0.5) is 5.69 Å². The van der Waals surface area contributed by atoms with E-state index in [9.17, 15) is 10.1 Å². The van der Waals surface area contributed by atoms with Crippen LogP contribution in [0.1, 0.15) is 0 Å². The standard InChI is InChI=1S/C6H5NO3/c8-6-3-1-5(2-4-6)7(9)10/h1-4,8H/i3+1,4+1. The molecule has 0 aliphatic carbocycles. The van der Waals surface area contributed by atoms with Gasteiger partial charge in [-0.05, 0) is 12.1 Å². The topological polar surface area (TPSA) is 63.4 Å². The largest absolute Gasteiger partial charge is 0.508 e. The number of hydrogen-bond acceptors (Lipinski definition) is 3. The molecule has 0 radical (unpaired) electrons. The fraction of sp³-hybridized carbons (Fsp3) is 0. The SMILES string of the molecule is O=[N+]([O-])c1c[13cH]c(O)[13cH]c1. The molecule has 0 aliphatic heterocycles. The van der Waals surface area contributed by atoms with Crippen LogP contribution in [-0.4, -0.2) is 10.0 Å². The third-order valence-electron chi connectivity index (χ3n) is 1.06. The van der Waals surface area contributed by atoms with Crippen molar-refractivity contribution in [1.82, 2.24) is 0 Å². The van der Waals surface area contributed by atoms with Gasteiger partial charge in [0.05, 0.1) is 4.92 Å². The van der Waals surface area contributed by atoms with E-state index in [1.165, 1.54) is 24.3 Å². The van der Waals surface area contributed by atoms with Crippen molar-refractivity contribution in [2.45, 2.75) is 0 Å². The summed E-state index contributed by atoms with van der Waals surface area (Å²) in [6.07, 6.45) is 0. The number of aromatic hydroxyl groups is 1. The molecule has 0 aliphatic rings. The fourth-order valence-corrected chi connectivity index (χ4v) is 0.574. The van der Waals surface area contributed by atoms with Gasteiger partial charge in [0.25, 0.3) is 5.69 Å². The number of phenols is 1. The second-order valence-electron chi connectivity index (χ2n) is 1.77. The van der Waals surface area contributed by atoms with Gasteiger partial charge in [0.15, 0.2) is 0 Å². The highest BCUT2D eigenvalue weighted by Gasteiger charge is 2.01. The molecular formula is C6H5NO3. The predicted octanol–water partition coefficient (Wildman–Crippen LogP) is 1.30. The molecule has 1 rings (SSSR count). The number of rotatable bonds is 1. The molecule has 0 amide bonds. The van der Waals surface area contributed by atoms with E-state index >= 15 is 0 Å². The first-order valence-corrected chi connectivity index (χ1v) is 2.63. The van der Waals surface area contributed by atoms with Crippen LogP contribution in [0.3, 0.4) is 0 Å². The van der Waals surface area contributed by atoms with Crippen molar-refractivity contribution in [1.29, 1.82) is 0 Å². The van der Waals surface area contributed by atoms with Gasteiger partial charge in [0.2, 0.25) is 0 Å². The molecule has 4 nitrogen and oxygen atoms in total. The van der Waals surface area contributed by atoms with Crippen LogP contribution >= 0.6 is 0 Å². The summed E-state index contributed by atoms with van der Waals surface area (Å²) in [6, 6.07) is 5.04. The minimum absolute atomic E-state index is 0.0159. The number of phenolic OH excluding ortho intramolecular Hbond substituents is 1. The first-order valence-electron chi connectivity index (χ1n) is 2.63. The van der Waals surface area contributed by atoms with Gasteiger partial charge in [-0.3, -0.25) is 10.1 Å².